The van der Waals surface area contributed by atoms with Crippen LogP contribution in [0.15, 0.2) is 42.9 Å². The zero-order chi connectivity index (χ0) is 10.5. The number of aromatic nitrogens is 2. The van der Waals surface area contributed by atoms with Gasteiger partial charge in [0.1, 0.15) is 5.75 Å². The molecule has 1 N–H and O–H groups in total. The van der Waals surface area contributed by atoms with E-state index in [2.05, 4.69) is 15.3 Å². The van der Waals surface area contributed by atoms with Crippen molar-refractivity contribution in [1.82, 2.24) is 9.97 Å². The molecule has 0 radical (unpaired) electrons. The second kappa shape index (κ2) is 4.41. The van der Waals surface area contributed by atoms with E-state index in [1.54, 1.807) is 18.6 Å². The fourth-order valence-corrected chi connectivity index (χ4v) is 1.15. The summed E-state index contributed by atoms with van der Waals surface area (Å²) < 4.78 is 5.48. The molecule has 4 heteroatoms. The Kier molecular flexibility index (Phi) is 2.78. The van der Waals surface area contributed by atoms with E-state index >= 15 is 0 Å². The molecule has 1 aromatic carbocycles. The van der Waals surface area contributed by atoms with Gasteiger partial charge < -0.3 is 10.1 Å². The molecule has 0 atom stereocenters. The van der Waals surface area contributed by atoms with Crippen LogP contribution in [0.3, 0.4) is 0 Å². The maximum atomic E-state index is 5.48. The van der Waals surface area contributed by atoms with Crippen molar-refractivity contribution >= 4 is 5.69 Å². The van der Waals surface area contributed by atoms with Crippen molar-refractivity contribution in [2.24, 2.45) is 0 Å². The van der Waals surface area contributed by atoms with Crippen LogP contribution in [0.25, 0.3) is 0 Å². The molecule has 0 spiro atoms. The average molecular weight is 201 g/mol. The average Bonchev–Trinajstić information content (AvgIpc) is 2.31. The first-order chi connectivity index (χ1) is 7.38. The number of anilines is 1. The van der Waals surface area contributed by atoms with E-state index in [0.717, 1.165) is 11.4 Å². The first kappa shape index (κ1) is 9.45. The van der Waals surface area contributed by atoms with Crippen LogP contribution in [0.2, 0.25) is 0 Å². The highest BCUT2D eigenvalue weighted by atomic mass is 16.5. The van der Waals surface area contributed by atoms with Crippen molar-refractivity contribution in [3.8, 4) is 11.6 Å². The van der Waals surface area contributed by atoms with Crippen LogP contribution in [-0.2, 0) is 0 Å². The highest BCUT2D eigenvalue weighted by Crippen LogP contribution is 2.20. The zero-order valence-electron chi connectivity index (χ0n) is 8.34. The minimum Gasteiger partial charge on any atom is -0.438 e. The SMILES string of the molecule is CNc1ccc(Oc2cnccn2)cc1. The summed E-state index contributed by atoms with van der Waals surface area (Å²) in [7, 11) is 1.87. The minimum absolute atomic E-state index is 0.495. The summed E-state index contributed by atoms with van der Waals surface area (Å²) in [5, 5.41) is 3.03. The predicted molar refractivity (Wildman–Crippen MR) is 58.1 cm³/mol. The Balaban J connectivity index is 2.11. The lowest BCUT2D eigenvalue weighted by atomic mass is 10.3. The van der Waals surface area contributed by atoms with Crippen molar-refractivity contribution in [2.45, 2.75) is 0 Å². The largest absolute Gasteiger partial charge is 0.438 e. The maximum Gasteiger partial charge on any atom is 0.237 e. The Hall–Kier alpha value is -2.10. The highest BCUT2D eigenvalue weighted by molar-refractivity contribution is 5.46. The lowest BCUT2D eigenvalue weighted by Crippen LogP contribution is -1.90. The van der Waals surface area contributed by atoms with Gasteiger partial charge in [-0.15, -0.1) is 0 Å². The Morgan fingerprint density at radius 1 is 1.13 bits per heavy atom. The lowest BCUT2D eigenvalue weighted by Gasteiger charge is -2.04. The number of benzene rings is 1. The predicted octanol–water partition coefficient (Wildman–Crippen LogP) is 2.31. The van der Waals surface area contributed by atoms with Gasteiger partial charge in [0.15, 0.2) is 0 Å². The number of nitrogens with zero attached hydrogens (tertiary/aromatic N) is 2. The van der Waals surface area contributed by atoms with Crippen LogP contribution in [0.1, 0.15) is 0 Å². The molecule has 4 nitrogen and oxygen atoms in total. The molecule has 76 valence electrons. The van der Waals surface area contributed by atoms with E-state index in [1.807, 2.05) is 31.3 Å². The van der Waals surface area contributed by atoms with Gasteiger partial charge in [-0.3, -0.25) is 4.98 Å². The molecular weight excluding hydrogens is 190 g/mol. The topological polar surface area (TPSA) is 47.0 Å². The molecule has 1 aromatic heterocycles. The van der Waals surface area contributed by atoms with Gasteiger partial charge in [-0.25, -0.2) is 4.98 Å². The molecular formula is C11H11N3O. The van der Waals surface area contributed by atoms with Crippen LogP contribution >= 0.6 is 0 Å². The zero-order valence-corrected chi connectivity index (χ0v) is 8.34. The second-order valence-electron chi connectivity index (χ2n) is 2.92. The fraction of sp³-hybridized carbons (Fsp3) is 0.0909. The van der Waals surface area contributed by atoms with Gasteiger partial charge in [0.2, 0.25) is 5.88 Å². The van der Waals surface area contributed by atoms with Crippen molar-refractivity contribution in [3.63, 3.8) is 0 Å². The standard InChI is InChI=1S/C11H11N3O/c1-12-9-2-4-10(5-3-9)15-11-8-13-6-7-14-11/h2-8,12H,1H3. The van der Waals surface area contributed by atoms with Crippen molar-refractivity contribution in [2.75, 3.05) is 12.4 Å². The molecule has 2 rings (SSSR count). The van der Waals surface area contributed by atoms with Crippen LogP contribution < -0.4 is 10.1 Å². The molecule has 0 bridgehead atoms. The number of nitrogens with one attached hydrogen (secondary N) is 1. The van der Waals surface area contributed by atoms with E-state index in [0.29, 0.717) is 5.88 Å². The third-order valence-electron chi connectivity index (χ3n) is 1.90. The molecule has 0 aliphatic rings. The molecule has 15 heavy (non-hydrogen) atoms. The molecule has 0 amide bonds. The molecule has 0 aliphatic heterocycles. The molecule has 0 unspecified atom stereocenters. The first-order valence-electron chi connectivity index (χ1n) is 4.60. The Morgan fingerprint density at radius 3 is 2.53 bits per heavy atom. The summed E-state index contributed by atoms with van der Waals surface area (Å²) in [6.45, 7) is 0. The number of rotatable bonds is 3. The Morgan fingerprint density at radius 2 is 1.93 bits per heavy atom. The lowest BCUT2D eigenvalue weighted by molar-refractivity contribution is 0.460. The molecule has 0 aliphatic carbocycles. The van der Waals surface area contributed by atoms with E-state index < -0.39 is 0 Å². The Bertz CT molecular complexity index is 414. The third-order valence-corrected chi connectivity index (χ3v) is 1.90. The summed E-state index contributed by atoms with van der Waals surface area (Å²) in [4.78, 5) is 7.93. The van der Waals surface area contributed by atoms with E-state index in [4.69, 9.17) is 4.74 Å². The molecule has 0 saturated carbocycles. The molecule has 2 aromatic rings. The van der Waals surface area contributed by atoms with Crippen LogP contribution in [0, 0.1) is 0 Å². The number of hydrogen-bond acceptors (Lipinski definition) is 4. The van der Waals surface area contributed by atoms with Crippen molar-refractivity contribution in [3.05, 3.63) is 42.9 Å². The van der Waals surface area contributed by atoms with E-state index in [1.165, 1.54) is 0 Å². The molecule has 0 fully saturated rings. The van der Waals surface area contributed by atoms with Crippen LogP contribution in [0.5, 0.6) is 11.6 Å². The summed E-state index contributed by atoms with van der Waals surface area (Å²) in [5.41, 5.74) is 1.04. The summed E-state index contributed by atoms with van der Waals surface area (Å²) in [6.07, 6.45) is 4.78. The number of hydrogen-bond donors (Lipinski definition) is 1. The van der Waals surface area contributed by atoms with Gasteiger partial charge >= 0.3 is 0 Å². The van der Waals surface area contributed by atoms with Gasteiger partial charge in [-0.2, -0.15) is 0 Å². The summed E-state index contributed by atoms with van der Waals surface area (Å²) in [6, 6.07) is 7.62. The summed E-state index contributed by atoms with van der Waals surface area (Å²) in [5.74, 6) is 1.24. The summed E-state index contributed by atoms with van der Waals surface area (Å²) >= 11 is 0. The van der Waals surface area contributed by atoms with Gasteiger partial charge in [0.05, 0.1) is 6.20 Å². The van der Waals surface area contributed by atoms with Gasteiger partial charge in [-0.1, -0.05) is 0 Å². The maximum absolute atomic E-state index is 5.48. The van der Waals surface area contributed by atoms with Crippen molar-refractivity contribution in [1.29, 1.82) is 0 Å². The second-order valence-corrected chi connectivity index (χ2v) is 2.92. The van der Waals surface area contributed by atoms with E-state index in [9.17, 15) is 0 Å². The smallest absolute Gasteiger partial charge is 0.237 e. The van der Waals surface area contributed by atoms with Crippen LogP contribution in [0.4, 0.5) is 5.69 Å². The van der Waals surface area contributed by atoms with Gasteiger partial charge in [-0.05, 0) is 24.3 Å². The first-order valence-corrected chi connectivity index (χ1v) is 4.60. The third kappa shape index (κ3) is 2.43. The monoisotopic (exact) mass is 201 g/mol. The number of ether oxygens (including phenoxy) is 1. The highest BCUT2D eigenvalue weighted by Gasteiger charge is 1.97. The minimum atomic E-state index is 0.495. The molecule has 0 saturated heterocycles. The van der Waals surface area contributed by atoms with Crippen LogP contribution in [-0.4, -0.2) is 17.0 Å². The fourth-order valence-electron chi connectivity index (χ4n) is 1.15. The Labute approximate surface area is 88.0 Å². The van der Waals surface area contributed by atoms with Crippen molar-refractivity contribution < 1.29 is 4.74 Å². The van der Waals surface area contributed by atoms with Gasteiger partial charge in [0, 0.05) is 25.1 Å². The normalized spacial score (nSPS) is 9.67. The van der Waals surface area contributed by atoms with Gasteiger partial charge in [0.25, 0.3) is 0 Å². The quantitative estimate of drug-likeness (QED) is 0.827. The van der Waals surface area contributed by atoms with E-state index in [-0.39, 0.29) is 0 Å². The molecule has 1 heterocycles.